The van der Waals surface area contributed by atoms with Crippen LogP contribution in [0.4, 0.5) is 5.82 Å². The summed E-state index contributed by atoms with van der Waals surface area (Å²) in [6, 6.07) is 0. The van der Waals surface area contributed by atoms with Crippen molar-refractivity contribution in [1.82, 2.24) is 9.97 Å². The summed E-state index contributed by atoms with van der Waals surface area (Å²) in [6.07, 6.45) is 7.79. The summed E-state index contributed by atoms with van der Waals surface area (Å²) in [7, 11) is 0. The Hall–Kier alpha value is -1.16. The molecular weight excluding hydrogens is 238 g/mol. The minimum Gasteiger partial charge on any atom is -0.393 e. The first-order chi connectivity index (χ1) is 9.29. The van der Waals surface area contributed by atoms with Crippen molar-refractivity contribution in [2.24, 2.45) is 5.92 Å². The molecule has 0 saturated heterocycles. The predicted molar refractivity (Wildman–Crippen MR) is 73.3 cm³/mol. The summed E-state index contributed by atoms with van der Waals surface area (Å²) < 4.78 is 0. The molecule has 4 nitrogen and oxygen atoms in total. The van der Waals surface area contributed by atoms with E-state index in [2.05, 4.69) is 5.32 Å². The van der Waals surface area contributed by atoms with Gasteiger partial charge in [-0.1, -0.05) is 0 Å². The Bertz CT molecular complexity index is 492. The van der Waals surface area contributed by atoms with Crippen molar-refractivity contribution in [2.75, 3.05) is 11.9 Å². The second-order valence-corrected chi connectivity index (χ2v) is 6.36. The SMILES string of the molecule is OC1CC(CNc2nc(C3CC3)nc3c2CCC3)C1. The van der Waals surface area contributed by atoms with Gasteiger partial charge in [0.1, 0.15) is 11.6 Å². The Morgan fingerprint density at radius 1 is 1.16 bits per heavy atom. The van der Waals surface area contributed by atoms with Gasteiger partial charge >= 0.3 is 0 Å². The lowest BCUT2D eigenvalue weighted by Gasteiger charge is -2.31. The molecule has 4 rings (SSSR count). The first kappa shape index (κ1) is 11.6. The second kappa shape index (κ2) is 4.44. The van der Waals surface area contributed by atoms with Gasteiger partial charge in [-0.3, -0.25) is 0 Å². The summed E-state index contributed by atoms with van der Waals surface area (Å²) in [5, 5.41) is 12.9. The minimum absolute atomic E-state index is 0.0649. The molecular formula is C15H21N3O. The molecule has 2 N–H and O–H groups in total. The zero-order chi connectivity index (χ0) is 12.8. The molecule has 0 radical (unpaired) electrons. The maximum Gasteiger partial charge on any atom is 0.134 e. The largest absolute Gasteiger partial charge is 0.393 e. The lowest BCUT2D eigenvalue weighted by atomic mass is 9.82. The smallest absolute Gasteiger partial charge is 0.134 e. The van der Waals surface area contributed by atoms with Crippen LogP contribution in [-0.4, -0.2) is 27.7 Å². The lowest BCUT2D eigenvalue weighted by molar-refractivity contribution is 0.0486. The van der Waals surface area contributed by atoms with E-state index in [-0.39, 0.29) is 6.10 Å². The third-order valence-corrected chi connectivity index (χ3v) is 4.66. The molecule has 4 heteroatoms. The van der Waals surface area contributed by atoms with Gasteiger partial charge in [-0.15, -0.1) is 0 Å². The topological polar surface area (TPSA) is 58.0 Å². The summed E-state index contributed by atoms with van der Waals surface area (Å²) in [5.41, 5.74) is 2.64. The summed E-state index contributed by atoms with van der Waals surface area (Å²) >= 11 is 0. The van der Waals surface area contributed by atoms with Gasteiger partial charge in [-0.05, 0) is 50.9 Å². The Morgan fingerprint density at radius 3 is 2.74 bits per heavy atom. The summed E-state index contributed by atoms with van der Waals surface area (Å²) in [5.74, 6) is 3.39. The third-order valence-electron chi connectivity index (χ3n) is 4.66. The Balaban J connectivity index is 1.52. The van der Waals surface area contributed by atoms with Crippen molar-refractivity contribution in [3.05, 3.63) is 17.1 Å². The maximum atomic E-state index is 9.34. The average Bonchev–Trinajstić information content (AvgIpc) is 3.11. The highest BCUT2D eigenvalue weighted by atomic mass is 16.3. The van der Waals surface area contributed by atoms with Gasteiger partial charge < -0.3 is 10.4 Å². The van der Waals surface area contributed by atoms with E-state index in [1.807, 2.05) is 0 Å². The molecule has 1 aromatic heterocycles. The number of aryl methyl sites for hydroxylation is 1. The van der Waals surface area contributed by atoms with Crippen LogP contribution in [-0.2, 0) is 12.8 Å². The first-order valence-corrected chi connectivity index (χ1v) is 7.61. The molecule has 0 spiro atoms. The predicted octanol–water partition coefficient (Wildman–Crippen LogP) is 2.03. The highest BCUT2D eigenvalue weighted by Crippen LogP contribution is 2.40. The third kappa shape index (κ3) is 2.22. The molecule has 2 fully saturated rings. The molecule has 0 atom stereocenters. The lowest BCUT2D eigenvalue weighted by Crippen LogP contribution is -2.33. The van der Waals surface area contributed by atoms with Crippen LogP contribution >= 0.6 is 0 Å². The molecule has 0 bridgehead atoms. The van der Waals surface area contributed by atoms with E-state index in [0.717, 1.165) is 43.9 Å². The number of anilines is 1. The number of hydrogen-bond donors (Lipinski definition) is 2. The zero-order valence-electron chi connectivity index (χ0n) is 11.2. The number of hydrogen-bond acceptors (Lipinski definition) is 4. The molecule has 3 aliphatic rings. The van der Waals surface area contributed by atoms with Crippen molar-refractivity contribution in [1.29, 1.82) is 0 Å². The van der Waals surface area contributed by atoms with Crippen molar-refractivity contribution < 1.29 is 5.11 Å². The summed E-state index contributed by atoms with van der Waals surface area (Å²) in [6.45, 7) is 0.949. The number of nitrogens with one attached hydrogen (secondary N) is 1. The van der Waals surface area contributed by atoms with Crippen molar-refractivity contribution in [2.45, 2.75) is 57.0 Å². The second-order valence-electron chi connectivity index (χ2n) is 6.36. The monoisotopic (exact) mass is 259 g/mol. The van der Waals surface area contributed by atoms with Crippen LogP contribution in [0.15, 0.2) is 0 Å². The molecule has 0 unspecified atom stereocenters. The molecule has 0 aliphatic heterocycles. The maximum absolute atomic E-state index is 9.34. The molecule has 1 heterocycles. The molecule has 3 aliphatic carbocycles. The Kier molecular flexibility index (Phi) is 2.72. The number of fused-ring (bicyclic) bond motifs is 1. The molecule has 102 valence electrons. The molecule has 19 heavy (non-hydrogen) atoms. The average molecular weight is 259 g/mol. The van der Waals surface area contributed by atoms with Gasteiger partial charge in [-0.2, -0.15) is 0 Å². The molecule has 2 saturated carbocycles. The van der Waals surface area contributed by atoms with E-state index >= 15 is 0 Å². The Labute approximate surface area is 113 Å². The number of aromatic nitrogens is 2. The Morgan fingerprint density at radius 2 is 2.00 bits per heavy atom. The normalized spacial score (nSPS) is 28.9. The quantitative estimate of drug-likeness (QED) is 0.868. The van der Waals surface area contributed by atoms with Crippen molar-refractivity contribution in [3.63, 3.8) is 0 Å². The van der Waals surface area contributed by atoms with Crippen LogP contribution in [0, 0.1) is 5.92 Å². The molecule has 0 aromatic carbocycles. The fraction of sp³-hybridized carbons (Fsp3) is 0.733. The number of rotatable bonds is 4. The van der Waals surface area contributed by atoms with Crippen LogP contribution in [0.1, 0.15) is 55.1 Å². The van der Waals surface area contributed by atoms with E-state index in [1.165, 1.54) is 30.5 Å². The van der Waals surface area contributed by atoms with E-state index in [1.54, 1.807) is 0 Å². The van der Waals surface area contributed by atoms with Crippen molar-refractivity contribution in [3.8, 4) is 0 Å². The van der Waals surface area contributed by atoms with E-state index in [4.69, 9.17) is 9.97 Å². The number of aliphatic hydroxyl groups excluding tert-OH is 1. The van der Waals surface area contributed by atoms with Crippen molar-refractivity contribution >= 4 is 5.82 Å². The van der Waals surface area contributed by atoms with Crippen LogP contribution in [0.25, 0.3) is 0 Å². The van der Waals surface area contributed by atoms with Crippen LogP contribution in [0.3, 0.4) is 0 Å². The molecule has 0 amide bonds. The summed E-state index contributed by atoms with van der Waals surface area (Å²) in [4.78, 5) is 9.53. The van der Waals surface area contributed by atoms with Crippen LogP contribution < -0.4 is 5.32 Å². The number of nitrogens with zero attached hydrogens (tertiary/aromatic N) is 2. The minimum atomic E-state index is -0.0649. The van der Waals surface area contributed by atoms with Crippen LogP contribution in [0.5, 0.6) is 0 Å². The molecule has 1 aromatic rings. The van der Waals surface area contributed by atoms with E-state index in [0.29, 0.717) is 11.8 Å². The van der Waals surface area contributed by atoms with Gasteiger partial charge in [0.2, 0.25) is 0 Å². The number of aliphatic hydroxyl groups is 1. The highest BCUT2D eigenvalue weighted by molar-refractivity contribution is 5.49. The van der Waals surface area contributed by atoms with Gasteiger partial charge in [-0.25, -0.2) is 9.97 Å². The fourth-order valence-electron chi connectivity index (χ4n) is 3.23. The first-order valence-electron chi connectivity index (χ1n) is 7.61. The fourth-order valence-corrected chi connectivity index (χ4v) is 3.23. The van der Waals surface area contributed by atoms with Gasteiger partial charge in [0.15, 0.2) is 0 Å². The standard InChI is InChI=1S/C15H21N3O/c19-11-6-9(7-11)8-16-15-12-2-1-3-13(12)17-14(18-15)10-4-5-10/h9-11,19H,1-8H2,(H,16,17,18). The zero-order valence-corrected chi connectivity index (χ0v) is 11.2. The van der Waals surface area contributed by atoms with Gasteiger partial charge in [0.25, 0.3) is 0 Å². The van der Waals surface area contributed by atoms with E-state index < -0.39 is 0 Å². The van der Waals surface area contributed by atoms with Crippen LogP contribution in [0.2, 0.25) is 0 Å². The van der Waals surface area contributed by atoms with Gasteiger partial charge in [0.05, 0.1) is 6.10 Å². The van der Waals surface area contributed by atoms with Gasteiger partial charge in [0, 0.05) is 23.7 Å². The highest BCUT2D eigenvalue weighted by Gasteiger charge is 2.31. The van der Waals surface area contributed by atoms with E-state index in [9.17, 15) is 5.11 Å².